The van der Waals surface area contributed by atoms with E-state index in [2.05, 4.69) is 20.2 Å². The summed E-state index contributed by atoms with van der Waals surface area (Å²) < 4.78 is 12.3. The molecule has 2 aromatic rings. The van der Waals surface area contributed by atoms with Crippen LogP contribution < -0.4 is 11.0 Å². The first kappa shape index (κ1) is 26.8. The molecule has 4 rings (SSSR count). The number of hydrogen-bond acceptors (Lipinski definition) is 10. The van der Waals surface area contributed by atoms with Gasteiger partial charge in [0, 0.05) is 37.4 Å². The van der Waals surface area contributed by atoms with Crippen LogP contribution >= 0.6 is 23.1 Å². The number of fused-ring (bicyclic) bond motifs is 1. The highest BCUT2D eigenvalue weighted by molar-refractivity contribution is 8.00. The van der Waals surface area contributed by atoms with Crippen LogP contribution in [0, 0.1) is 6.92 Å². The van der Waals surface area contributed by atoms with E-state index in [0.717, 1.165) is 87.5 Å². The number of anilines is 1. The van der Waals surface area contributed by atoms with Gasteiger partial charge >= 0.3 is 11.7 Å². The van der Waals surface area contributed by atoms with Crippen molar-refractivity contribution in [3.05, 3.63) is 32.3 Å². The number of ether oxygens (including phenoxy) is 2. The third kappa shape index (κ3) is 6.72. The molecule has 10 nitrogen and oxygen atoms in total. The van der Waals surface area contributed by atoms with Gasteiger partial charge in [0.25, 0.3) is 0 Å². The topological polar surface area (TPSA) is 116 Å². The van der Waals surface area contributed by atoms with Crippen LogP contribution in [0.1, 0.15) is 52.8 Å². The maximum Gasteiger partial charge on any atom is 0.350 e. The summed E-state index contributed by atoms with van der Waals surface area (Å²) in [5, 5.41) is 3.75. The molecule has 0 saturated carbocycles. The lowest BCUT2D eigenvalue weighted by molar-refractivity contribution is -0.113. The third-order valence-electron chi connectivity index (χ3n) is 6.25. The first-order chi connectivity index (χ1) is 17.5. The summed E-state index contributed by atoms with van der Waals surface area (Å²) in [4.78, 5) is 48.9. The van der Waals surface area contributed by atoms with E-state index in [0.29, 0.717) is 27.3 Å². The van der Waals surface area contributed by atoms with Gasteiger partial charge in [0.1, 0.15) is 9.90 Å². The molecule has 0 aromatic carbocycles. The van der Waals surface area contributed by atoms with Crippen LogP contribution in [0.25, 0.3) is 0 Å². The second kappa shape index (κ2) is 12.8. The number of nitrogens with zero attached hydrogens (tertiary/aromatic N) is 4. The van der Waals surface area contributed by atoms with E-state index in [-0.39, 0.29) is 24.0 Å². The molecule has 1 aliphatic carbocycles. The number of aromatic nitrogens is 3. The fraction of sp³-hybridized carbons (Fsp3) is 0.625. The molecule has 1 amide bonds. The highest BCUT2D eigenvalue weighted by atomic mass is 32.2. The van der Waals surface area contributed by atoms with Gasteiger partial charge in [-0.1, -0.05) is 23.1 Å². The number of thiazole rings is 1. The van der Waals surface area contributed by atoms with Crippen molar-refractivity contribution >= 4 is 40.1 Å². The summed E-state index contributed by atoms with van der Waals surface area (Å²) in [6.07, 6.45) is 4.72. The Kier molecular flexibility index (Phi) is 9.52. The lowest BCUT2D eigenvalue weighted by Gasteiger charge is -2.27. The van der Waals surface area contributed by atoms with Gasteiger partial charge in [-0.2, -0.15) is 4.98 Å². The number of aryl methyl sites for hydroxylation is 1. The second-order valence-electron chi connectivity index (χ2n) is 8.78. The van der Waals surface area contributed by atoms with E-state index in [1.807, 2.05) is 4.57 Å². The van der Waals surface area contributed by atoms with Gasteiger partial charge in [0.05, 0.1) is 31.3 Å². The number of esters is 1. The minimum atomic E-state index is -0.441. The highest BCUT2D eigenvalue weighted by Crippen LogP contribution is 2.29. The molecule has 12 heteroatoms. The molecule has 1 N–H and O–H groups in total. The fourth-order valence-electron chi connectivity index (χ4n) is 4.50. The Labute approximate surface area is 218 Å². The van der Waals surface area contributed by atoms with Crippen LogP contribution in [0.15, 0.2) is 9.82 Å². The van der Waals surface area contributed by atoms with E-state index >= 15 is 0 Å². The summed E-state index contributed by atoms with van der Waals surface area (Å²) in [6, 6.07) is 0. The van der Waals surface area contributed by atoms with Crippen LogP contribution in [0.5, 0.6) is 0 Å². The summed E-state index contributed by atoms with van der Waals surface area (Å²) in [6.45, 7) is 8.73. The molecular formula is C24H33N5O5S2. The minimum absolute atomic E-state index is 0.104. The lowest BCUT2D eigenvalue weighted by atomic mass is 9.97. The normalized spacial score (nSPS) is 15.9. The molecule has 2 aliphatic rings. The number of thioether (sulfide) groups is 1. The number of rotatable bonds is 10. The molecule has 0 unspecified atom stereocenters. The zero-order valence-electron chi connectivity index (χ0n) is 20.8. The predicted molar refractivity (Wildman–Crippen MR) is 139 cm³/mol. The van der Waals surface area contributed by atoms with Gasteiger partial charge in [0.2, 0.25) is 5.91 Å². The number of amides is 1. The third-order valence-corrected chi connectivity index (χ3v) is 8.32. The largest absolute Gasteiger partial charge is 0.462 e. The van der Waals surface area contributed by atoms with Crippen LogP contribution in [0.4, 0.5) is 5.13 Å². The van der Waals surface area contributed by atoms with Crippen LogP contribution in [0.2, 0.25) is 0 Å². The van der Waals surface area contributed by atoms with Gasteiger partial charge in [-0.05, 0) is 46.0 Å². The first-order valence-electron chi connectivity index (χ1n) is 12.5. The number of nitrogens with one attached hydrogen (secondary N) is 1. The van der Waals surface area contributed by atoms with Gasteiger partial charge in [-0.25, -0.2) is 14.6 Å². The summed E-state index contributed by atoms with van der Waals surface area (Å²) in [5.74, 6) is -0.596. The van der Waals surface area contributed by atoms with Crippen molar-refractivity contribution in [2.75, 3.05) is 50.5 Å². The monoisotopic (exact) mass is 535 g/mol. The van der Waals surface area contributed by atoms with Crippen molar-refractivity contribution < 1.29 is 19.1 Å². The van der Waals surface area contributed by atoms with Crippen molar-refractivity contribution in [3.63, 3.8) is 0 Å². The number of carbonyl (C=O) groups is 2. The van der Waals surface area contributed by atoms with E-state index in [1.165, 1.54) is 11.8 Å². The van der Waals surface area contributed by atoms with Crippen molar-refractivity contribution in [1.82, 2.24) is 19.4 Å². The minimum Gasteiger partial charge on any atom is -0.462 e. The molecule has 196 valence electrons. The molecule has 0 spiro atoms. The lowest BCUT2D eigenvalue weighted by Crippen LogP contribution is -2.38. The van der Waals surface area contributed by atoms with Gasteiger partial charge in [0.15, 0.2) is 5.13 Å². The standard InChI is InChI=1S/C24H33N5O5S2/c1-3-34-22(31)20-16(2)25-23(36-20)26-19(30)15-35-21-17-7-4-5-8-18(17)29(24(32)27-21)10-6-9-28-11-13-33-14-12-28/h3-15H2,1-2H3,(H,25,26,30). The molecule has 0 atom stereocenters. The zero-order valence-corrected chi connectivity index (χ0v) is 22.5. The Morgan fingerprint density at radius 1 is 1.17 bits per heavy atom. The number of carbonyl (C=O) groups excluding carboxylic acids is 2. The quantitative estimate of drug-likeness (QED) is 0.278. The molecular weight excluding hydrogens is 502 g/mol. The molecule has 3 heterocycles. The summed E-state index contributed by atoms with van der Waals surface area (Å²) >= 11 is 2.38. The maximum atomic E-state index is 12.9. The molecule has 1 aliphatic heterocycles. The van der Waals surface area contributed by atoms with Crippen LogP contribution in [0.3, 0.4) is 0 Å². The van der Waals surface area contributed by atoms with E-state index in [4.69, 9.17) is 9.47 Å². The van der Waals surface area contributed by atoms with Crippen LogP contribution in [-0.2, 0) is 33.7 Å². The molecule has 0 radical (unpaired) electrons. The van der Waals surface area contributed by atoms with E-state index in [1.54, 1.807) is 13.8 Å². The first-order valence-corrected chi connectivity index (χ1v) is 14.3. The van der Waals surface area contributed by atoms with Crippen molar-refractivity contribution in [3.8, 4) is 0 Å². The highest BCUT2D eigenvalue weighted by Gasteiger charge is 2.22. The molecule has 0 bridgehead atoms. The van der Waals surface area contributed by atoms with E-state index in [9.17, 15) is 14.4 Å². The Bertz CT molecular complexity index is 1140. The van der Waals surface area contributed by atoms with Gasteiger partial charge < -0.3 is 14.8 Å². The molecule has 36 heavy (non-hydrogen) atoms. The van der Waals surface area contributed by atoms with Gasteiger partial charge in [-0.3, -0.25) is 14.3 Å². The molecule has 1 fully saturated rings. The molecule has 1 saturated heterocycles. The van der Waals surface area contributed by atoms with Crippen molar-refractivity contribution in [2.24, 2.45) is 0 Å². The second-order valence-corrected chi connectivity index (χ2v) is 10.7. The predicted octanol–water partition coefficient (Wildman–Crippen LogP) is 2.52. The van der Waals surface area contributed by atoms with Crippen molar-refractivity contribution in [2.45, 2.75) is 57.5 Å². The average Bonchev–Trinajstić information content (AvgIpc) is 3.24. The Morgan fingerprint density at radius 3 is 2.72 bits per heavy atom. The zero-order chi connectivity index (χ0) is 25.5. The Morgan fingerprint density at radius 2 is 1.94 bits per heavy atom. The number of hydrogen-bond donors (Lipinski definition) is 1. The number of morpholine rings is 1. The van der Waals surface area contributed by atoms with E-state index < -0.39 is 5.97 Å². The summed E-state index contributed by atoms with van der Waals surface area (Å²) in [7, 11) is 0. The van der Waals surface area contributed by atoms with Crippen LogP contribution in [-0.4, -0.2) is 76.5 Å². The maximum absolute atomic E-state index is 12.9. The fourth-order valence-corrected chi connectivity index (χ4v) is 6.25. The Hall–Kier alpha value is -2.28. The summed E-state index contributed by atoms with van der Waals surface area (Å²) in [5.41, 5.74) is 2.45. The average molecular weight is 536 g/mol. The van der Waals surface area contributed by atoms with Gasteiger partial charge in [-0.15, -0.1) is 0 Å². The van der Waals surface area contributed by atoms with Crippen molar-refractivity contribution in [1.29, 1.82) is 0 Å². The molecule has 2 aromatic heterocycles. The Balaban J connectivity index is 1.38. The smallest absolute Gasteiger partial charge is 0.350 e. The SMILES string of the molecule is CCOC(=O)c1sc(NC(=O)CSc2nc(=O)n(CCCN3CCOCC3)c3c2CCCC3)nc1C.